The molecule has 3 heteroatoms. The summed E-state index contributed by atoms with van der Waals surface area (Å²) in [6.45, 7) is 10.2. The molecule has 0 aliphatic heterocycles. The van der Waals surface area contributed by atoms with Gasteiger partial charge in [-0.15, -0.1) is 0 Å². The van der Waals surface area contributed by atoms with E-state index in [0.717, 1.165) is 18.7 Å². The predicted molar refractivity (Wildman–Crippen MR) is 66.2 cm³/mol. The van der Waals surface area contributed by atoms with E-state index in [1.807, 2.05) is 12.1 Å². The Bertz CT molecular complexity index is 307. The van der Waals surface area contributed by atoms with E-state index in [0.29, 0.717) is 0 Å². The lowest BCUT2D eigenvalue weighted by atomic mass is 9.90. The van der Waals surface area contributed by atoms with Gasteiger partial charge in [-0.3, -0.25) is 9.88 Å². The lowest BCUT2D eigenvalue weighted by Crippen LogP contribution is -2.48. The molecule has 1 N–H and O–H groups in total. The van der Waals surface area contributed by atoms with Gasteiger partial charge >= 0.3 is 0 Å². The molecule has 0 amide bonds. The lowest BCUT2D eigenvalue weighted by molar-refractivity contribution is -0.00644. The molecule has 0 aliphatic carbocycles. The van der Waals surface area contributed by atoms with Crippen LogP contribution in [0, 0.1) is 0 Å². The minimum atomic E-state index is -0.513. The second-order valence-corrected chi connectivity index (χ2v) is 4.51. The van der Waals surface area contributed by atoms with Crippen molar-refractivity contribution in [1.29, 1.82) is 0 Å². The molecule has 16 heavy (non-hydrogen) atoms. The first-order chi connectivity index (χ1) is 7.54. The zero-order valence-corrected chi connectivity index (χ0v) is 10.6. The quantitative estimate of drug-likeness (QED) is 0.830. The standard InChI is InChI=1S/C13H22N2O/c1-5-15(6-2)13(3,4)12(16)11-8-7-9-14-10-11/h7-10,12,16H,5-6H2,1-4H3. The van der Waals surface area contributed by atoms with E-state index >= 15 is 0 Å². The molecule has 3 nitrogen and oxygen atoms in total. The van der Waals surface area contributed by atoms with Crippen LogP contribution < -0.4 is 0 Å². The summed E-state index contributed by atoms with van der Waals surface area (Å²) in [5.74, 6) is 0. The average Bonchev–Trinajstić information content (AvgIpc) is 2.30. The summed E-state index contributed by atoms with van der Waals surface area (Å²) in [5.41, 5.74) is 0.603. The van der Waals surface area contributed by atoms with Crippen molar-refractivity contribution >= 4 is 0 Å². The number of pyridine rings is 1. The first-order valence-corrected chi connectivity index (χ1v) is 5.87. The van der Waals surface area contributed by atoms with Crippen LogP contribution in [0.3, 0.4) is 0 Å². The van der Waals surface area contributed by atoms with Crippen molar-refractivity contribution in [3.63, 3.8) is 0 Å². The number of aliphatic hydroxyl groups is 1. The Labute approximate surface area is 98.1 Å². The molecule has 1 unspecified atom stereocenters. The van der Waals surface area contributed by atoms with Gasteiger partial charge in [-0.05, 0) is 33.0 Å². The maximum Gasteiger partial charge on any atom is 0.0983 e. The Morgan fingerprint density at radius 3 is 2.44 bits per heavy atom. The predicted octanol–water partition coefficient (Wildman–Crippen LogP) is 2.24. The first kappa shape index (κ1) is 13.1. The van der Waals surface area contributed by atoms with Crippen LogP contribution in [-0.4, -0.2) is 33.6 Å². The normalized spacial score (nSPS) is 14.1. The van der Waals surface area contributed by atoms with Gasteiger partial charge in [-0.1, -0.05) is 19.9 Å². The Morgan fingerprint density at radius 1 is 1.38 bits per heavy atom. The van der Waals surface area contributed by atoms with Gasteiger partial charge in [0.15, 0.2) is 0 Å². The Kier molecular flexibility index (Phi) is 4.44. The molecule has 1 aromatic rings. The molecule has 1 rings (SSSR count). The summed E-state index contributed by atoms with van der Waals surface area (Å²) in [6, 6.07) is 3.78. The van der Waals surface area contributed by atoms with Crippen LogP contribution in [0.25, 0.3) is 0 Å². The average molecular weight is 222 g/mol. The number of nitrogens with zero attached hydrogens (tertiary/aromatic N) is 2. The van der Waals surface area contributed by atoms with Gasteiger partial charge in [0.2, 0.25) is 0 Å². The minimum Gasteiger partial charge on any atom is -0.386 e. The van der Waals surface area contributed by atoms with E-state index < -0.39 is 6.10 Å². The molecule has 1 heterocycles. The molecule has 0 saturated heterocycles. The largest absolute Gasteiger partial charge is 0.386 e. The zero-order chi connectivity index (χ0) is 12.2. The van der Waals surface area contributed by atoms with Crippen LogP contribution in [0.1, 0.15) is 39.4 Å². The number of hydrogen-bond acceptors (Lipinski definition) is 3. The highest BCUT2D eigenvalue weighted by molar-refractivity contribution is 5.16. The molecule has 0 fully saturated rings. The van der Waals surface area contributed by atoms with Crippen molar-refractivity contribution in [1.82, 2.24) is 9.88 Å². The SMILES string of the molecule is CCN(CC)C(C)(C)C(O)c1cccnc1. The fourth-order valence-corrected chi connectivity index (χ4v) is 2.16. The van der Waals surface area contributed by atoms with E-state index in [1.165, 1.54) is 0 Å². The lowest BCUT2D eigenvalue weighted by Gasteiger charge is -2.41. The second kappa shape index (κ2) is 5.41. The van der Waals surface area contributed by atoms with Crippen LogP contribution in [0.5, 0.6) is 0 Å². The summed E-state index contributed by atoms with van der Waals surface area (Å²) in [6.07, 6.45) is 2.94. The highest BCUT2D eigenvalue weighted by Gasteiger charge is 2.33. The highest BCUT2D eigenvalue weighted by atomic mass is 16.3. The van der Waals surface area contributed by atoms with Gasteiger partial charge in [-0.25, -0.2) is 0 Å². The molecule has 0 aliphatic rings. The van der Waals surface area contributed by atoms with Crippen molar-refractivity contribution in [2.24, 2.45) is 0 Å². The Morgan fingerprint density at radius 2 is 2.00 bits per heavy atom. The van der Waals surface area contributed by atoms with Gasteiger partial charge in [0.05, 0.1) is 6.10 Å². The number of rotatable bonds is 5. The van der Waals surface area contributed by atoms with Crippen molar-refractivity contribution in [2.75, 3.05) is 13.1 Å². The monoisotopic (exact) mass is 222 g/mol. The number of aromatic nitrogens is 1. The molecule has 0 radical (unpaired) electrons. The molecular weight excluding hydrogens is 200 g/mol. The van der Waals surface area contributed by atoms with Crippen LogP contribution in [0.15, 0.2) is 24.5 Å². The molecule has 90 valence electrons. The van der Waals surface area contributed by atoms with Gasteiger partial charge in [-0.2, -0.15) is 0 Å². The molecule has 0 spiro atoms. The molecule has 1 aromatic heterocycles. The molecule has 1 atom stereocenters. The molecule has 0 saturated carbocycles. The van der Waals surface area contributed by atoms with Crippen molar-refractivity contribution in [3.05, 3.63) is 30.1 Å². The third-order valence-corrected chi connectivity index (χ3v) is 3.25. The summed E-state index contributed by atoms with van der Waals surface area (Å²) >= 11 is 0. The fraction of sp³-hybridized carbons (Fsp3) is 0.615. The topological polar surface area (TPSA) is 36.4 Å². The van der Waals surface area contributed by atoms with Crippen molar-refractivity contribution in [2.45, 2.75) is 39.3 Å². The third-order valence-electron chi connectivity index (χ3n) is 3.25. The number of aliphatic hydroxyl groups excluding tert-OH is 1. The van der Waals surface area contributed by atoms with Crippen LogP contribution in [-0.2, 0) is 0 Å². The summed E-state index contributed by atoms with van der Waals surface area (Å²) < 4.78 is 0. The van der Waals surface area contributed by atoms with Crippen LogP contribution >= 0.6 is 0 Å². The van der Waals surface area contributed by atoms with E-state index in [-0.39, 0.29) is 5.54 Å². The van der Waals surface area contributed by atoms with Gasteiger partial charge in [0.1, 0.15) is 0 Å². The molecular formula is C13H22N2O. The van der Waals surface area contributed by atoms with Gasteiger partial charge < -0.3 is 5.11 Å². The van der Waals surface area contributed by atoms with Crippen molar-refractivity contribution in [3.8, 4) is 0 Å². The van der Waals surface area contributed by atoms with E-state index in [9.17, 15) is 5.11 Å². The first-order valence-electron chi connectivity index (χ1n) is 5.87. The minimum absolute atomic E-state index is 0.271. The maximum absolute atomic E-state index is 10.4. The summed E-state index contributed by atoms with van der Waals surface area (Å²) in [5, 5.41) is 10.4. The van der Waals surface area contributed by atoms with Crippen molar-refractivity contribution < 1.29 is 5.11 Å². The van der Waals surface area contributed by atoms with E-state index in [1.54, 1.807) is 12.4 Å². The second-order valence-electron chi connectivity index (χ2n) is 4.51. The molecule has 0 aromatic carbocycles. The summed E-state index contributed by atoms with van der Waals surface area (Å²) in [7, 11) is 0. The number of hydrogen-bond donors (Lipinski definition) is 1. The fourth-order valence-electron chi connectivity index (χ4n) is 2.16. The maximum atomic E-state index is 10.4. The Balaban J connectivity index is 2.91. The Hall–Kier alpha value is -0.930. The van der Waals surface area contributed by atoms with Crippen LogP contribution in [0.4, 0.5) is 0 Å². The van der Waals surface area contributed by atoms with Gasteiger partial charge in [0.25, 0.3) is 0 Å². The smallest absolute Gasteiger partial charge is 0.0983 e. The highest BCUT2D eigenvalue weighted by Crippen LogP contribution is 2.30. The third kappa shape index (κ3) is 2.60. The summed E-state index contributed by atoms with van der Waals surface area (Å²) in [4.78, 5) is 6.31. The van der Waals surface area contributed by atoms with E-state index in [4.69, 9.17) is 0 Å². The molecule has 0 bridgehead atoms. The van der Waals surface area contributed by atoms with E-state index in [2.05, 4.69) is 37.6 Å². The van der Waals surface area contributed by atoms with Crippen LogP contribution in [0.2, 0.25) is 0 Å². The number of likely N-dealkylation sites (N-methyl/N-ethyl adjacent to an activating group) is 1. The zero-order valence-electron chi connectivity index (χ0n) is 10.6. The van der Waals surface area contributed by atoms with Gasteiger partial charge in [0, 0.05) is 23.5 Å².